The molecule has 0 unspecified atom stereocenters. The van der Waals surface area contributed by atoms with Crippen LogP contribution in [-0.4, -0.2) is 15.9 Å². The number of benzene rings is 1. The third-order valence-electron chi connectivity index (χ3n) is 4.24. The molecule has 1 aliphatic rings. The molecule has 2 aromatic heterocycles. The van der Waals surface area contributed by atoms with Gasteiger partial charge in [-0.2, -0.15) is 0 Å². The number of hydrogen-bond acceptors (Lipinski definition) is 4. The summed E-state index contributed by atoms with van der Waals surface area (Å²) in [4.78, 5) is 21.1. The summed E-state index contributed by atoms with van der Waals surface area (Å²) in [6.45, 7) is 0.272. The number of furan rings is 1. The van der Waals surface area contributed by atoms with Gasteiger partial charge in [0, 0.05) is 17.5 Å². The van der Waals surface area contributed by atoms with Crippen molar-refractivity contribution in [3.05, 3.63) is 70.5 Å². The van der Waals surface area contributed by atoms with Crippen molar-refractivity contribution >= 4 is 17.5 Å². The first-order valence-corrected chi connectivity index (χ1v) is 8.55. The van der Waals surface area contributed by atoms with Gasteiger partial charge in [-0.15, -0.1) is 0 Å². The maximum absolute atomic E-state index is 12.3. The second-order valence-corrected chi connectivity index (χ2v) is 6.35. The van der Waals surface area contributed by atoms with Gasteiger partial charge in [-0.25, -0.2) is 9.97 Å². The van der Waals surface area contributed by atoms with Crippen LogP contribution in [0.2, 0.25) is 5.02 Å². The summed E-state index contributed by atoms with van der Waals surface area (Å²) in [7, 11) is 0. The first-order valence-electron chi connectivity index (χ1n) is 8.17. The zero-order chi connectivity index (χ0) is 17.2. The Labute approximate surface area is 150 Å². The molecule has 0 saturated carbocycles. The molecule has 0 bridgehead atoms. The Balaban J connectivity index is 1.44. The van der Waals surface area contributed by atoms with Gasteiger partial charge in [0.2, 0.25) is 0 Å². The zero-order valence-corrected chi connectivity index (χ0v) is 14.2. The van der Waals surface area contributed by atoms with Crippen molar-refractivity contribution in [3.63, 3.8) is 0 Å². The molecule has 3 aromatic rings. The van der Waals surface area contributed by atoms with E-state index in [0.29, 0.717) is 16.6 Å². The van der Waals surface area contributed by atoms with Crippen molar-refractivity contribution in [1.29, 1.82) is 0 Å². The fourth-order valence-corrected chi connectivity index (χ4v) is 3.18. The van der Waals surface area contributed by atoms with Gasteiger partial charge >= 0.3 is 0 Å². The maximum Gasteiger partial charge on any atom is 0.287 e. The number of fused-ring (bicyclic) bond motifs is 1. The lowest BCUT2D eigenvalue weighted by Crippen LogP contribution is -2.23. The van der Waals surface area contributed by atoms with E-state index in [9.17, 15) is 4.79 Å². The first-order chi connectivity index (χ1) is 12.2. The second-order valence-electron chi connectivity index (χ2n) is 5.94. The molecular formula is C19H16ClN3O2. The van der Waals surface area contributed by atoms with Crippen molar-refractivity contribution < 1.29 is 9.21 Å². The Hall–Kier alpha value is -2.66. The van der Waals surface area contributed by atoms with E-state index in [1.807, 2.05) is 24.4 Å². The number of carbonyl (C=O) groups is 1. The van der Waals surface area contributed by atoms with E-state index < -0.39 is 0 Å². The molecule has 1 amide bonds. The van der Waals surface area contributed by atoms with Gasteiger partial charge in [0.15, 0.2) is 5.76 Å². The van der Waals surface area contributed by atoms with Crippen LogP contribution in [0.1, 0.15) is 34.1 Å². The first kappa shape index (κ1) is 15.8. The number of aryl methyl sites for hydroxylation is 2. The second kappa shape index (κ2) is 6.69. The molecule has 4 rings (SSSR count). The highest BCUT2D eigenvalue weighted by Gasteiger charge is 2.16. The van der Waals surface area contributed by atoms with E-state index in [-0.39, 0.29) is 18.2 Å². The van der Waals surface area contributed by atoms with Crippen LogP contribution < -0.4 is 5.32 Å². The van der Waals surface area contributed by atoms with Gasteiger partial charge in [-0.05, 0) is 49.1 Å². The fraction of sp³-hybridized carbons (Fsp3) is 0.211. The molecule has 5 nitrogen and oxygen atoms in total. The molecule has 0 atom stereocenters. The van der Waals surface area contributed by atoms with Crippen molar-refractivity contribution in [1.82, 2.24) is 15.3 Å². The lowest BCUT2D eigenvalue weighted by Gasteiger charge is -2.04. The Morgan fingerprint density at radius 1 is 1.20 bits per heavy atom. The third-order valence-corrected chi connectivity index (χ3v) is 4.57. The molecule has 0 radical (unpaired) electrons. The Morgan fingerprint density at radius 2 is 2.08 bits per heavy atom. The highest BCUT2D eigenvalue weighted by atomic mass is 35.5. The monoisotopic (exact) mass is 353 g/mol. The topological polar surface area (TPSA) is 68.0 Å². The number of amides is 1. The van der Waals surface area contributed by atoms with Crippen molar-refractivity contribution in [3.8, 4) is 11.3 Å². The molecule has 0 saturated heterocycles. The number of carbonyl (C=O) groups excluding carboxylic acids is 1. The molecule has 6 heteroatoms. The molecule has 2 heterocycles. The van der Waals surface area contributed by atoms with Crippen LogP contribution in [0.5, 0.6) is 0 Å². The summed E-state index contributed by atoms with van der Waals surface area (Å²) in [5.41, 5.74) is 3.06. The molecular weight excluding hydrogens is 338 g/mol. The Morgan fingerprint density at radius 3 is 2.96 bits per heavy atom. The van der Waals surface area contributed by atoms with Crippen LogP contribution in [-0.2, 0) is 19.4 Å². The standard InChI is InChI=1S/C19H16ClN3O2/c20-14-6-2-1-5-13(14)16-8-9-17(25-16)19(24)22-11-18-21-10-12-4-3-7-15(12)23-18/h1-2,5-6,8-10H,3-4,7,11H2,(H,22,24). The zero-order valence-electron chi connectivity index (χ0n) is 13.5. The molecule has 1 aromatic carbocycles. The minimum Gasteiger partial charge on any atom is -0.451 e. The van der Waals surface area contributed by atoms with Gasteiger partial charge in [0.25, 0.3) is 5.91 Å². The summed E-state index contributed by atoms with van der Waals surface area (Å²) in [6, 6.07) is 10.7. The average Bonchev–Trinajstić information content (AvgIpc) is 3.29. The SMILES string of the molecule is O=C(NCc1ncc2c(n1)CCC2)c1ccc(-c2ccccc2Cl)o1. The van der Waals surface area contributed by atoms with E-state index in [2.05, 4.69) is 15.3 Å². The summed E-state index contributed by atoms with van der Waals surface area (Å²) in [5.74, 6) is 1.11. The van der Waals surface area contributed by atoms with E-state index in [0.717, 1.165) is 30.5 Å². The number of rotatable bonds is 4. The molecule has 0 fully saturated rings. The number of nitrogens with zero attached hydrogens (tertiary/aromatic N) is 2. The molecule has 1 aliphatic carbocycles. The summed E-state index contributed by atoms with van der Waals surface area (Å²) < 4.78 is 5.64. The summed E-state index contributed by atoms with van der Waals surface area (Å²) >= 11 is 6.16. The highest BCUT2D eigenvalue weighted by molar-refractivity contribution is 6.33. The number of nitrogens with one attached hydrogen (secondary N) is 1. The van der Waals surface area contributed by atoms with Gasteiger partial charge in [0.1, 0.15) is 11.6 Å². The van der Waals surface area contributed by atoms with Crippen LogP contribution in [0.25, 0.3) is 11.3 Å². The molecule has 0 aliphatic heterocycles. The number of hydrogen-bond donors (Lipinski definition) is 1. The lowest BCUT2D eigenvalue weighted by molar-refractivity contribution is 0.0923. The fourth-order valence-electron chi connectivity index (χ4n) is 2.95. The minimum absolute atomic E-state index is 0.232. The summed E-state index contributed by atoms with van der Waals surface area (Å²) in [6.07, 6.45) is 5.01. The Bertz CT molecular complexity index is 936. The minimum atomic E-state index is -0.303. The smallest absolute Gasteiger partial charge is 0.287 e. The largest absolute Gasteiger partial charge is 0.451 e. The quantitative estimate of drug-likeness (QED) is 0.774. The normalized spacial score (nSPS) is 12.8. The van der Waals surface area contributed by atoms with Crippen LogP contribution in [0.3, 0.4) is 0 Å². The van der Waals surface area contributed by atoms with E-state index in [1.165, 1.54) is 5.56 Å². The van der Waals surface area contributed by atoms with Crippen molar-refractivity contribution in [2.75, 3.05) is 0 Å². The van der Waals surface area contributed by atoms with Crippen molar-refractivity contribution in [2.24, 2.45) is 0 Å². The maximum atomic E-state index is 12.3. The molecule has 126 valence electrons. The van der Waals surface area contributed by atoms with E-state index in [4.69, 9.17) is 16.0 Å². The lowest BCUT2D eigenvalue weighted by atomic mass is 10.2. The molecule has 1 N–H and O–H groups in total. The van der Waals surface area contributed by atoms with E-state index >= 15 is 0 Å². The number of halogens is 1. The van der Waals surface area contributed by atoms with Crippen LogP contribution in [0.15, 0.2) is 47.0 Å². The van der Waals surface area contributed by atoms with Gasteiger partial charge < -0.3 is 9.73 Å². The van der Waals surface area contributed by atoms with Gasteiger partial charge in [-0.3, -0.25) is 4.79 Å². The van der Waals surface area contributed by atoms with Gasteiger partial charge in [-0.1, -0.05) is 23.7 Å². The van der Waals surface area contributed by atoms with Crippen LogP contribution in [0.4, 0.5) is 0 Å². The third kappa shape index (κ3) is 3.28. The highest BCUT2D eigenvalue weighted by Crippen LogP contribution is 2.29. The Kier molecular flexibility index (Phi) is 4.24. The molecule has 25 heavy (non-hydrogen) atoms. The van der Waals surface area contributed by atoms with Crippen molar-refractivity contribution in [2.45, 2.75) is 25.8 Å². The molecule has 0 spiro atoms. The number of aromatic nitrogens is 2. The van der Waals surface area contributed by atoms with Gasteiger partial charge in [0.05, 0.1) is 11.6 Å². The summed E-state index contributed by atoms with van der Waals surface area (Å²) in [5, 5.41) is 3.37. The van der Waals surface area contributed by atoms with Crippen LogP contribution in [0, 0.1) is 0 Å². The van der Waals surface area contributed by atoms with Crippen LogP contribution >= 0.6 is 11.6 Å². The predicted octanol–water partition coefficient (Wildman–Crippen LogP) is 3.81. The van der Waals surface area contributed by atoms with E-state index in [1.54, 1.807) is 18.2 Å². The predicted molar refractivity (Wildman–Crippen MR) is 94.4 cm³/mol. The average molecular weight is 354 g/mol.